The van der Waals surface area contributed by atoms with Gasteiger partial charge in [-0.3, -0.25) is 9.69 Å². The highest BCUT2D eigenvalue weighted by molar-refractivity contribution is 5.85. The first kappa shape index (κ1) is 20.0. The summed E-state index contributed by atoms with van der Waals surface area (Å²) in [4.78, 5) is 15.9. The first-order chi connectivity index (χ1) is 11.7. The van der Waals surface area contributed by atoms with Gasteiger partial charge in [0.05, 0.1) is 6.61 Å². The van der Waals surface area contributed by atoms with Crippen molar-refractivity contribution in [2.75, 3.05) is 6.61 Å². The molecule has 0 amide bonds. The van der Waals surface area contributed by atoms with Gasteiger partial charge in [-0.2, -0.15) is 0 Å². The minimum absolute atomic E-state index is 0.0388. The van der Waals surface area contributed by atoms with Crippen LogP contribution in [0.5, 0.6) is 0 Å². The fourth-order valence-corrected chi connectivity index (χ4v) is 4.94. The van der Waals surface area contributed by atoms with Crippen molar-refractivity contribution >= 4 is 5.97 Å². The van der Waals surface area contributed by atoms with Crippen LogP contribution in [0, 0.1) is 5.41 Å². The number of hydrogen-bond acceptors (Lipinski definition) is 3. The molecular formula is C22H35NO2. The molecule has 0 N–H and O–H groups in total. The first-order valence-corrected chi connectivity index (χ1v) is 9.68. The normalized spacial score (nSPS) is 25.8. The van der Waals surface area contributed by atoms with Gasteiger partial charge in [0, 0.05) is 18.1 Å². The lowest BCUT2D eigenvalue weighted by atomic mass is 9.69. The van der Waals surface area contributed by atoms with Gasteiger partial charge in [0.1, 0.15) is 5.41 Å². The van der Waals surface area contributed by atoms with Crippen molar-refractivity contribution in [2.45, 2.75) is 84.8 Å². The number of carbonyl (C=O) groups excluding carboxylic acids is 1. The highest BCUT2D eigenvalue weighted by Gasteiger charge is 2.61. The molecule has 1 aromatic rings. The smallest absolute Gasteiger partial charge is 0.318 e. The number of carbonyl (C=O) groups is 1. The van der Waals surface area contributed by atoms with E-state index in [-0.39, 0.29) is 17.4 Å². The summed E-state index contributed by atoms with van der Waals surface area (Å²) in [6, 6.07) is 11.1. The summed E-state index contributed by atoms with van der Waals surface area (Å²) in [6.45, 7) is 15.9. The lowest BCUT2D eigenvalue weighted by Gasteiger charge is -2.49. The molecule has 3 nitrogen and oxygen atoms in total. The standard InChI is InChI=1S/C22H35NO2/c1-8-25-20(24)22(18-12-10-9-11-13-18)15-14-21(6,7)19(22)23(16(2)3)17(4)5/h9-13,16-17,19H,8,14-15H2,1-7H3. The van der Waals surface area contributed by atoms with Crippen LogP contribution in [-0.2, 0) is 14.9 Å². The first-order valence-electron chi connectivity index (χ1n) is 9.68. The van der Waals surface area contributed by atoms with Gasteiger partial charge in [0.2, 0.25) is 0 Å². The Morgan fingerprint density at radius 1 is 1.12 bits per heavy atom. The van der Waals surface area contributed by atoms with Crippen molar-refractivity contribution in [3.8, 4) is 0 Å². The van der Waals surface area contributed by atoms with Crippen molar-refractivity contribution in [2.24, 2.45) is 5.41 Å². The van der Waals surface area contributed by atoms with Crippen LogP contribution in [0.4, 0.5) is 0 Å². The molecule has 1 fully saturated rings. The summed E-state index contributed by atoms with van der Waals surface area (Å²) in [6.07, 6.45) is 1.85. The maximum Gasteiger partial charge on any atom is 0.318 e. The highest BCUT2D eigenvalue weighted by atomic mass is 16.5. The Morgan fingerprint density at radius 2 is 1.68 bits per heavy atom. The zero-order valence-electron chi connectivity index (χ0n) is 17.0. The molecule has 1 aromatic carbocycles. The van der Waals surface area contributed by atoms with Gasteiger partial charge in [-0.25, -0.2) is 0 Å². The van der Waals surface area contributed by atoms with E-state index in [4.69, 9.17) is 4.74 Å². The van der Waals surface area contributed by atoms with E-state index in [2.05, 4.69) is 58.6 Å². The van der Waals surface area contributed by atoms with Gasteiger partial charge in [-0.1, -0.05) is 44.2 Å². The zero-order valence-corrected chi connectivity index (χ0v) is 17.0. The number of hydrogen-bond donors (Lipinski definition) is 0. The maximum atomic E-state index is 13.4. The Balaban J connectivity index is 2.69. The maximum absolute atomic E-state index is 13.4. The molecule has 0 bridgehead atoms. The molecule has 1 aliphatic carbocycles. The van der Waals surface area contributed by atoms with Crippen molar-refractivity contribution in [3.63, 3.8) is 0 Å². The van der Waals surface area contributed by atoms with Crippen LogP contribution in [0.25, 0.3) is 0 Å². The van der Waals surface area contributed by atoms with Gasteiger partial charge in [-0.15, -0.1) is 0 Å². The van der Waals surface area contributed by atoms with E-state index in [0.29, 0.717) is 18.7 Å². The Hall–Kier alpha value is -1.35. The Morgan fingerprint density at radius 3 is 2.16 bits per heavy atom. The quantitative estimate of drug-likeness (QED) is 0.694. The largest absolute Gasteiger partial charge is 0.465 e. The van der Waals surface area contributed by atoms with Crippen LogP contribution < -0.4 is 0 Å². The molecule has 2 rings (SSSR count). The predicted octanol–water partition coefficient (Wildman–Crippen LogP) is 4.79. The Kier molecular flexibility index (Phi) is 5.98. The minimum atomic E-state index is -0.602. The molecule has 0 radical (unpaired) electrons. The summed E-state index contributed by atoms with van der Waals surface area (Å²) in [5.41, 5.74) is 0.530. The summed E-state index contributed by atoms with van der Waals surface area (Å²) in [5, 5.41) is 0. The van der Waals surface area contributed by atoms with Crippen LogP contribution in [0.3, 0.4) is 0 Å². The number of rotatable bonds is 6. The van der Waals surface area contributed by atoms with E-state index in [0.717, 1.165) is 18.4 Å². The SMILES string of the molecule is CCOC(=O)C1(c2ccccc2)CCC(C)(C)C1N(C(C)C)C(C)C. The second-order valence-corrected chi connectivity index (χ2v) is 8.58. The van der Waals surface area contributed by atoms with Gasteiger partial charge >= 0.3 is 5.97 Å². The minimum Gasteiger partial charge on any atom is -0.465 e. The van der Waals surface area contributed by atoms with Crippen molar-refractivity contribution in [3.05, 3.63) is 35.9 Å². The Labute approximate surface area is 153 Å². The molecular weight excluding hydrogens is 310 g/mol. The summed E-state index contributed by atoms with van der Waals surface area (Å²) >= 11 is 0. The van der Waals surface area contributed by atoms with Crippen LogP contribution in [0.2, 0.25) is 0 Å². The third-order valence-electron chi connectivity index (χ3n) is 5.79. The predicted molar refractivity (Wildman–Crippen MR) is 104 cm³/mol. The molecule has 2 atom stereocenters. The number of benzene rings is 1. The molecule has 1 aliphatic rings. The number of ether oxygens (including phenoxy) is 1. The van der Waals surface area contributed by atoms with E-state index in [1.54, 1.807) is 0 Å². The van der Waals surface area contributed by atoms with Crippen LogP contribution in [0.1, 0.15) is 66.9 Å². The van der Waals surface area contributed by atoms with Gasteiger partial charge in [0.25, 0.3) is 0 Å². The van der Waals surface area contributed by atoms with Gasteiger partial charge in [0.15, 0.2) is 0 Å². The van der Waals surface area contributed by atoms with E-state index in [1.807, 2.05) is 25.1 Å². The molecule has 0 aliphatic heterocycles. The third kappa shape index (κ3) is 3.48. The average molecular weight is 346 g/mol. The number of esters is 1. The average Bonchev–Trinajstić information content (AvgIpc) is 2.81. The third-order valence-corrected chi connectivity index (χ3v) is 5.79. The van der Waals surface area contributed by atoms with E-state index >= 15 is 0 Å². The van der Waals surface area contributed by atoms with E-state index in [9.17, 15) is 4.79 Å². The summed E-state index contributed by atoms with van der Waals surface area (Å²) in [5.74, 6) is -0.0666. The molecule has 2 unspecified atom stereocenters. The monoisotopic (exact) mass is 345 g/mol. The molecule has 0 saturated heterocycles. The van der Waals surface area contributed by atoms with Gasteiger partial charge in [-0.05, 0) is 58.4 Å². The fourth-order valence-electron chi connectivity index (χ4n) is 4.94. The van der Waals surface area contributed by atoms with Crippen LogP contribution in [0.15, 0.2) is 30.3 Å². The molecule has 25 heavy (non-hydrogen) atoms. The molecule has 3 heteroatoms. The van der Waals surface area contributed by atoms with E-state index < -0.39 is 5.41 Å². The molecule has 0 spiro atoms. The number of nitrogens with zero attached hydrogens (tertiary/aromatic N) is 1. The van der Waals surface area contributed by atoms with Crippen LogP contribution in [-0.4, -0.2) is 35.6 Å². The molecule has 1 saturated carbocycles. The Bertz CT molecular complexity index is 571. The second kappa shape index (κ2) is 7.49. The zero-order chi connectivity index (χ0) is 18.8. The highest BCUT2D eigenvalue weighted by Crippen LogP contribution is 2.54. The summed E-state index contributed by atoms with van der Waals surface area (Å²) in [7, 11) is 0. The fraction of sp³-hybridized carbons (Fsp3) is 0.682. The van der Waals surface area contributed by atoms with Crippen molar-refractivity contribution in [1.82, 2.24) is 4.90 Å². The lowest BCUT2D eigenvalue weighted by Crippen LogP contribution is -2.60. The second-order valence-electron chi connectivity index (χ2n) is 8.58. The molecule has 0 aromatic heterocycles. The summed E-state index contributed by atoms with van der Waals surface area (Å²) < 4.78 is 5.65. The lowest BCUT2D eigenvalue weighted by molar-refractivity contribution is -0.154. The molecule has 0 heterocycles. The van der Waals surface area contributed by atoms with Crippen molar-refractivity contribution in [1.29, 1.82) is 0 Å². The van der Waals surface area contributed by atoms with E-state index in [1.165, 1.54) is 0 Å². The molecule has 140 valence electrons. The van der Waals surface area contributed by atoms with Gasteiger partial charge < -0.3 is 4.74 Å². The topological polar surface area (TPSA) is 29.5 Å². The van der Waals surface area contributed by atoms with Crippen LogP contribution >= 0.6 is 0 Å². The van der Waals surface area contributed by atoms with Crippen molar-refractivity contribution < 1.29 is 9.53 Å².